The fraction of sp³-hybridized carbons (Fsp3) is 0.176. The fourth-order valence-corrected chi connectivity index (χ4v) is 1.85. The van der Waals surface area contributed by atoms with Gasteiger partial charge in [0.25, 0.3) is 17.5 Å². The monoisotopic (exact) mass is 375 g/mol. The summed E-state index contributed by atoms with van der Waals surface area (Å²) in [6.07, 6.45) is 0. The normalized spacial score (nSPS) is 9.81. The second-order valence-corrected chi connectivity index (χ2v) is 5.10. The Morgan fingerprint density at radius 2 is 1.26 bits per heavy atom. The van der Waals surface area contributed by atoms with Crippen molar-refractivity contribution in [2.24, 2.45) is 0 Å². The molecule has 2 amide bonds. The molecule has 0 saturated heterocycles. The molecule has 0 aliphatic carbocycles. The highest BCUT2D eigenvalue weighted by atomic mass is 16.6. The zero-order valence-corrected chi connectivity index (χ0v) is 14.3. The number of hydrazine groups is 1. The first-order valence-electron chi connectivity index (χ1n) is 7.69. The number of hydrogen-bond donors (Lipinski definition) is 2. The molecule has 0 aromatic heterocycles. The van der Waals surface area contributed by atoms with Crippen LogP contribution in [0.5, 0.6) is 17.2 Å². The number of hydrogen-bond acceptors (Lipinski definition) is 7. The van der Waals surface area contributed by atoms with Crippen molar-refractivity contribution >= 4 is 17.5 Å². The highest BCUT2D eigenvalue weighted by Gasteiger charge is 2.08. The SMILES string of the molecule is COc1ccc(OCC(=O)NNC(=O)COc2ccc([N+](=O)[O-])cc2)cc1. The van der Waals surface area contributed by atoms with Crippen molar-refractivity contribution < 1.29 is 28.7 Å². The Labute approximate surface area is 154 Å². The van der Waals surface area contributed by atoms with Gasteiger partial charge in [0.2, 0.25) is 0 Å². The van der Waals surface area contributed by atoms with Crippen LogP contribution >= 0.6 is 0 Å². The van der Waals surface area contributed by atoms with Gasteiger partial charge in [-0.15, -0.1) is 0 Å². The van der Waals surface area contributed by atoms with Gasteiger partial charge in [0.15, 0.2) is 13.2 Å². The van der Waals surface area contributed by atoms with E-state index >= 15 is 0 Å². The number of nitrogens with zero attached hydrogens (tertiary/aromatic N) is 1. The number of non-ortho nitro benzene ring substituents is 1. The Bertz CT molecular complexity index is 791. The maximum absolute atomic E-state index is 11.6. The molecule has 2 aromatic rings. The highest BCUT2D eigenvalue weighted by Crippen LogP contribution is 2.17. The molecule has 0 atom stereocenters. The minimum Gasteiger partial charge on any atom is -0.497 e. The number of methoxy groups -OCH3 is 1. The summed E-state index contributed by atoms with van der Waals surface area (Å²) in [7, 11) is 1.54. The van der Waals surface area contributed by atoms with E-state index in [1.54, 1.807) is 24.3 Å². The summed E-state index contributed by atoms with van der Waals surface area (Å²) in [5, 5.41) is 10.5. The van der Waals surface area contributed by atoms with Crippen molar-refractivity contribution in [2.45, 2.75) is 0 Å². The average molecular weight is 375 g/mol. The number of nitro groups is 1. The van der Waals surface area contributed by atoms with Crippen LogP contribution in [0.1, 0.15) is 0 Å². The van der Waals surface area contributed by atoms with E-state index < -0.39 is 16.7 Å². The van der Waals surface area contributed by atoms with Crippen LogP contribution in [0.2, 0.25) is 0 Å². The van der Waals surface area contributed by atoms with Crippen molar-refractivity contribution in [2.75, 3.05) is 20.3 Å². The quantitative estimate of drug-likeness (QED) is 0.524. The van der Waals surface area contributed by atoms with E-state index in [2.05, 4.69) is 10.9 Å². The van der Waals surface area contributed by atoms with Gasteiger partial charge < -0.3 is 14.2 Å². The Hall–Kier alpha value is -3.82. The van der Waals surface area contributed by atoms with Crippen LogP contribution in [-0.4, -0.2) is 37.1 Å². The summed E-state index contributed by atoms with van der Waals surface area (Å²) in [5.74, 6) is 0.247. The summed E-state index contributed by atoms with van der Waals surface area (Å²) in [5.41, 5.74) is 4.26. The van der Waals surface area contributed by atoms with E-state index in [1.807, 2.05) is 0 Å². The standard InChI is InChI=1S/C17H17N3O7/c1-25-13-6-8-15(9-7-13)27-11-17(22)19-18-16(21)10-26-14-4-2-12(3-5-14)20(23)24/h2-9H,10-11H2,1H3,(H,18,21)(H,19,22). The third kappa shape index (κ3) is 6.53. The molecule has 10 nitrogen and oxygen atoms in total. The number of benzene rings is 2. The zero-order valence-electron chi connectivity index (χ0n) is 14.3. The third-order valence-electron chi connectivity index (χ3n) is 3.19. The van der Waals surface area contributed by atoms with Crippen molar-refractivity contribution in [1.82, 2.24) is 10.9 Å². The van der Waals surface area contributed by atoms with Crippen molar-refractivity contribution in [3.05, 3.63) is 58.6 Å². The molecule has 142 valence electrons. The summed E-state index contributed by atoms with van der Waals surface area (Å²) in [6, 6.07) is 11.9. The first kappa shape index (κ1) is 19.5. The molecule has 0 unspecified atom stereocenters. The largest absolute Gasteiger partial charge is 0.497 e. The van der Waals surface area contributed by atoms with Crippen LogP contribution in [0.15, 0.2) is 48.5 Å². The van der Waals surface area contributed by atoms with Gasteiger partial charge in [0.1, 0.15) is 17.2 Å². The van der Waals surface area contributed by atoms with Gasteiger partial charge in [-0.05, 0) is 36.4 Å². The number of carbonyl (C=O) groups excluding carboxylic acids is 2. The summed E-state index contributed by atoms with van der Waals surface area (Å²) in [6.45, 7) is -0.673. The Morgan fingerprint density at radius 3 is 1.67 bits per heavy atom. The highest BCUT2D eigenvalue weighted by molar-refractivity contribution is 5.83. The van der Waals surface area contributed by atoms with Crippen LogP contribution in [0.3, 0.4) is 0 Å². The van der Waals surface area contributed by atoms with E-state index in [9.17, 15) is 19.7 Å². The molecule has 0 radical (unpaired) electrons. The minimum absolute atomic E-state index is 0.0871. The van der Waals surface area contributed by atoms with E-state index in [0.717, 1.165) is 0 Å². The molecule has 0 fully saturated rings. The molecule has 10 heteroatoms. The molecule has 0 spiro atoms. The molecule has 27 heavy (non-hydrogen) atoms. The maximum atomic E-state index is 11.6. The summed E-state index contributed by atoms with van der Waals surface area (Å²) in [4.78, 5) is 33.3. The Balaban J connectivity index is 1.66. The first-order chi connectivity index (χ1) is 13.0. The molecule has 2 rings (SSSR count). The van der Waals surface area contributed by atoms with Crippen LogP contribution < -0.4 is 25.1 Å². The molecule has 0 bridgehead atoms. The van der Waals surface area contributed by atoms with Gasteiger partial charge >= 0.3 is 0 Å². The first-order valence-corrected chi connectivity index (χ1v) is 7.69. The number of rotatable bonds is 8. The summed E-state index contributed by atoms with van der Waals surface area (Å²) >= 11 is 0. The van der Waals surface area contributed by atoms with Crippen LogP contribution in [0.4, 0.5) is 5.69 Å². The van der Waals surface area contributed by atoms with Gasteiger partial charge in [-0.1, -0.05) is 0 Å². The lowest BCUT2D eigenvalue weighted by atomic mass is 10.3. The second kappa shape index (κ2) is 9.61. The molecule has 2 aromatic carbocycles. The number of nitro benzene ring substituents is 1. The molecule has 0 aliphatic heterocycles. The average Bonchev–Trinajstić information content (AvgIpc) is 2.69. The lowest BCUT2D eigenvalue weighted by Gasteiger charge is -2.10. The molecular weight excluding hydrogens is 358 g/mol. The number of carbonyl (C=O) groups is 2. The summed E-state index contributed by atoms with van der Waals surface area (Å²) < 4.78 is 15.4. The topological polar surface area (TPSA) is 129 Å². The number of ether oxygens (including phenoxy) is 3. The number of amides is 2. The molecule has 0 saturated carbocycles. The van der Waals surface area contributed by atoms with E-state index in [-0.39, 0.29) is 24.7 Å². The van der Waals surface area contributed by atoms with Gasteiger partial charge in [-0.2, -0.15) is 0 Å². The predicted octanol–water partition coefficient (Wildman–Crippen LogP) is 1.21. The second-order valence-electron chi connectivity index (χ2n) is 5.10. The fourth-order valence-electron chi connectivity index (χ4n) is 1.85. The minimum atomic E-state index is -0.605. The molecule has 0 aliphatic rings. The molecule has 2 N–H and O–H groups in total. The van der Waals surface area contributed by atoms with Gasteiger partial charge in [-0.25, -0.2) is 0 Å². The Morgan fingerprint density at radius 1 is 0.852 bits per heavy atom. The van der Waals surface area contributed by atoms with Crippen LogP contribution in [-0.2, 0) is 9.59 Å². The lowest BCUT2D eigenvalue weighted by Crippen LogP contribution is -2.45. The van der Waals surface area contributed by atoms with Crippen molar-refractivity contribution in [1.29, 1.82) is 0 Å². The maximum Gasteiger partial charge on any atom is 0.276 e. The van der Waals surface area contributed by atoms with Gasteiger partial charge in [0.05, 0.1) is 12.0 Å². The lowest BCUT2D eigenvalue weighted by molar-refractivity contribution is -0.384. The van der Waals surface area contributed by atoms with E-state index in [1.165, 1.54) is 31.4 Å². The molecule has 0 heterocycles. The van der Waals surface area contributed by atoms with Gasteiger partial charge in [0, 0.05) is 12.1 Å². The van der Waals surface area contributed by atoms with E-state index in [0.29, 0.717) is 11.5 Å². The molecular formula is C17H17N3O7. The van der Waals surface area contributed by atoms with E-state index in [4.69, 9.17) is 14.2 Å². The van der Waals surface area contributed by atoms with Gasteiger partial charge in [-0.3, -0.25) is 30.6 Å². The zero-order chi connectivity index (χ0) is 19.6. The Kier molecular flexibility index (Phi) is 6.94. The predicted molar refractivity (Wildman–Crippen MR) is 93.4 cm³/mol. The number of nitrogens with one attached hydrogen (secondary N) is 2. The van der Waals surface area contributed by atoms with Crippen molar-refractivity contribution in [3.63, 3.8) is 0 Å². The third-order valence-corrected chi connectivity index (χ3v) is 3.19. The van der Waals surface area contributed by atoms with Crippen LogP contribution in [0.25, 0.3) is 0 Å². The smallest absolute Gasteiger partial charge is 0.276 e. The van der Waals surface area contributed by atoms with Crippen molar-refractivity contribution in [3.8, 4) is 17.2 Å². The van der Waals surface area contributed by atoms with Crippen LogP contribution in [0, 0.1) is 10.1 Å².